The van der Waals surface area contributed by atoms with E-state index in [0.29, 0.717) is 0 Å². The maximum Gasteiger partial charge on any atom is 0.214 e. The van der Waals surface area contributed by atoms with Crippen molar-refractivity contribution in [2.24, 2.45) is 0 Å². The van der Waals surface area contributed by atoms with Crippen molar-refractivity contribution in [3.8, 4) is 5.69 Å². The summed E-state index contributed by atoms with van der Waals surface area (Å²) in [7, 11) is 0. The lowest BCUT2D eigenvalue weighted by Gasteiger charge is -2.08. The van der Waals surface area contributed by atoms with Gasteiger partial charge in [-0.2, -0.15) is 4.68 Å². The van der Waals surface area contributed by atoms with E-state index >= 15 is 0 Å². The number of benzene rings is 2. The Morgan fingerprint density at radius 3 is 2.82 bits per heavy atom. The number of aryl methyl sites for hydroxylation is 2. The number of halogens is 1. The minimum Gasteiger partial charge on any atom is -0.187 e. The summed E-state index contributed by atoms with van der Waals surface area (Å²) in [6.07, 6.45) is 0. The molecule has 4 nitrogen and oxygen atoms in total. The van der Waals surface area contributed by atoms with Gasteiger partial charge in [0, 0.05) is 10.8 Å². The second-order valence-corrected chi connectivity index (χ2v) is 6.46. The third-order valence-electron chi connectivity index (χ3n) is 3.29. The van der Waals surface area contributed by atoms with Gasteiger partial charge in [-0.25, -0.2) is 0 Å². The van der Waals surface area contributed by atoms with Gasteiger partial charge in [-0.05, 0) is 59.2 Å². The molecule has 0 saturated heterocycles. The lowest BCUT2D eigenvalue weighted by molar-refractivity contribution is 0.751. The van der Waals surface area contributed by atoms with E-state index in [9.17, 15) is 0 Å². The van der Waals surface area contributed by atoms with Crippen LogP contribution < -0.4 is 0 Å². The van der Waals surface area contributed by atoms with Gasteiger partial charge >= 0.3 is 0 Å². The Labute approximate surface area is 138 Å². The van der Waals surface area contributed by atoms with Crippen LogP contribution in [0.2, 0.25) is 5.02 Å². The predicted octanol–water partition coefficient (Wildman–Crippen LogP) is 4.22. The highest BCUT2D eigenvalue weighted by molar-refractivity contribution is 7.98. The molecule has 0 saturated carbocycles. The zero-order valence-corrected chi connectivity index (χ0v) is 13.9. The van der Waals surface area contributed by atoms with E-state index in [0.717, 1.165) is 32.7 Å². The van der Waals surface area contributed by atoms with Crippen molar-refractivity contribution in [2.75, 3.05) is 0 Å². The monoisotopic (exact) mass is 330 g/mol. The quantitative estimate of drug-likeness (QED) is 0.672. The minimum absolute atomic E-state index is 0.743. The van der Waals surface area contributed by atoms with Gasteiger partial charge in [-0.15, -0.1) is 5.10 Å². The normalized spacial score (nSPS) is 10.9. The molecule has 1 heterocycles. The van der Waals surface area contributed by atoms with E-state index in [1.54, 1.807) is 16.4 Å². The molecular weight excluding hydrogens is 316 g/mol. The summed E-state index contributed by atoms with van der Waals surface area (Å²) in [4.78, 5) is 0. The van der Waals surface area contributed by atoms with Crippen molar-refractivity contribution in [1.82, 2.24) is 20.2 Å². The molecule has 0 amide bonds. The standard InChI is InChI=1S/C16H15ClN4S/c1-11-6-7-12(2)15(8-11)21-16(18-19-20-21)22-10-13-4-3-5-14(17)9-13/h3-9H,10H2,1-2H3. The molecule has 3 rings (SSSR count). The predicted molar refractivity (Wildman–Crippen MR) is 89.6 cm³/mol. The Hall–Kier alpha value is -1.85. The van der Waals surface area contributed by atoms with Gasteiger partial charge < -0.3 is 0 Å². The summed E-state index contributed by atoms with van der Waals surface area (Å²) < 4.78 is 1.79. The van der Waals surface area contributed by atoms with Gasteiger partial charge in [0.15, 0.2) is 0 Å². The van der Waals surface area contributed by atoms with Crippen LogP contribution in [0.3, 0.4) is 0 Å². The fraction of sp³-hybridized carbons (Fsp3) is 0.188. The molecule has 0 N–H and O–H groups in total. The number of rotatable bonds is 4. The third kappa shape index (κ3) is 3.31. The van der Waals surface area contributed by atoms with Crippen LogP contribution in [-0.2, 0) is 5.75 Å². The lowest BCUT2D eigenvalue weighted by atomic mass is 10.1. The van der Waals surface area contributed by atoms with Crippen LogP contribution in [0.5, 0.6) is 0 Å². The zero-order chi connectivity index (χ0) is 15.5. The molecule has 0 fully saturated rings. The molecule has 1 aromatic heterocycles. The smallest absolute Gasteiger partial charge is 0.187 e. The molecule has 2 aromatic carbocycles. The Kier molecular flexibility index (Phi) is 4.45. The first-order valence-corrected chi connectivity index (χ1v) is 8.23. The summed E-state index contributed by atoms with van der Waals surface area (Å²) >= 11 is 7.61. The number of thioether (sulfide) groups is 1. The molecule has 0 aliphatic carbocycles. The van der Waals surface area contributed by atoms with Crippen LogP contribution in [0.4, 0.5) is 0 Å². The van der Waals surface area contributed by atoms with E-state index in [-0.39, 0.29) is 0 Å². The lowest BCUT2D eigenvalue weighted by Crippen LogP contribution is -2.02. The number of hydrogen-bond donors (Lipinski definition) is 0. The maximum absolute atomic E-state index is 6.02. The summed E-state index contributed by atoms with van der Waals surface area (Å²) in [6, 6.07) is 14.1. The molecule has 0 radical (unpaired) electrons. The van der Waals surface area contributed by atoms with Crippen molar-refractivity contribution in [3.63, 3.8) is 0 Å². The van der Waals surface area contributed by atoms with Gasteiger partial charge in [0.2, 0.25) is 5.16 Å². The number of aromatic nitrogens is 4. The Bertz CT molecular complexity index is 800. The highest BCUT2D eigenvalue weighted by Gasteiger charge is 2.11. The van der Waals surface area contributed by atoms with Crippen molar-refractivity contribution in [3.05, 3.63) is 64.2 Å². The second-order valence-electron chi connectivity index (χ2n) is 5.08. The van der Waals surface area contributed by atoms with Gasteiger partial charge in [0.25, 0.3) is 0 Å². The number of tetrazole rings is 1. The van der Waals surface area contributed by atoms with E-state index in [1.165, 1.54) is 5.56 Å². The average molecular weight is 331 g/mol. The second kappa shape index (κ2) is 6.50. The van der Waals surface area contributed by atoms with E-state index in [1.807, 2.05) is 24.3 Å². The first-order valence-electron chi connectivity index (χ1n) is 6.87. The van der Waals surface area contributed by atoms with Crippen molar-refractivity contribution in [2.45, 2.75) is 24.8 Å². The molecule has 0 unspecified atom stereocenters. The van der Waals surface area contributed by atoms with Gasteiger partial charge in [-0.1, -0.05) is 47.6 Å². The Balaban J connectivity index is 1.85. The fourth-order valence-electron chi connectivity index (χ4n) is 2.14. The van der Waals surface area contributed by atoms with Crippen LogP contribution >= 0.6 is 23.4 Å². The molecule has 22 heavy (non-hydrogen) atoms. The zero-order valence-electron chi connectivity index (χ0n) is 12.3. The van der Waals surface area contributed by atoms with Crippen molar-refractivity contribution in [1.29, 1.82) is 0 Å². The fourth-order valence-corrected chi connectivity index (χ4v) is 3.18. The molecule has 0 atom stereocenters. The molecule has 0 aliphatic rings. The van der Waals surface area contributed by atoms with Gasteiger partial charge in [0.1, 0.15) is 0 Å². The largest absolute Gasteiger partial charge is 0.214 e. The summed E-state index contributed by atoms with van der Waals surface area (Å²) in [6.45, 7) is 4.12. The van der Waals surface area contributed by atoms with Crippen LogP contribution in [0.1, 0.15) is 16.7 Å². The molecule has 3 aromatic rings. The number of nitrogens with zero attached hydrogens (tertiary/aromatic N) is 4. The van der Waals surface area contributed by atoms with Gasteiger partial charge in [-0.3, -0.25) is 0 Å². The topological polar surface area (TPSA) is 43.6 Å². The highest BCUT2D eigenvalue weighted by atomic mass is 35.5. The Morgan fingerprint density at radius 2 is 2.00 bits per heavy atom. The Morgan fingerprint density at radius 1 is 1.14 bits per heavy atom. The van der Waals surface area contributed by atoms with Crippen LogP contribution in [0, 0.1) is 13.8 Å². The first kappa shape index (κ1) is 15.1. The van der Waals surface area contributed by atoms with Crippen molar-refractivity contribution < 1.29 is 0 Å². The number of hydrogen-bond acceptors (Lipinski definition) is 4. The van der Waals surface area contributed by atoms with Crippen LogP contribution in [-0.4, -0.2) is 20.2 Å². The maximum atomic E-state index is 6.02. The van der Waals surface area contributed by atoms with E-state index in [2.05, 4.69) is 47.6 Å². The summed E-state index contributed by atoms with van der Waals surface area (Å²) in [5.74, 6) is 0.770. The SMILES string of the molecule is Cc1ccc(C)c(-n2nnnc2SCc2cccc(Cl)c2)c1. The molecule has 0 bridgehead atoms. The molecular formula is C16H15ClN4S. The highest BCUT2D eigenvalue weighted by Crippen LogP contribution is 2.25. The minimum atomic E-state index is 0.743. The molecule has 0 aliphatic heterocycles. The average Bonchev–Trinajstić information content (AvgIpc) is 2.96. The first-order chi connectivity index (χ1) is 10.6. The van der Waals surface area contributed by atoms with Crippen molar-refractivity contribution >= 4 is 23.4 Å². The molecule has 6 heteroatoms. The van der Waals surface area contributed by atoms with Crippen LogP contribution in [0.25, 0.3) is 5.69 Å². The van der Waals surface area contributed by atoms with E-state index in [4.69, 9.17) is 11.6 Å². The van der Waals surface area contributed by atoms with Gasteiger partial charge in [0.05, 0.1) is 5.69 Å². The summed E-state index contributed by atoms with van der Waals surface area (Å²) in [5, 5.41) is 13.6. The third-order valence-corrected chi connectivity index (χ3v) is 4.52. The van der Waals surface area contributed by atoms with E-state index < -0.39 is 0 Å². The molecule has 112 valence electrons. The summed E-state index contributed by atoms with van der Waals surface area (Å²) in [5.41, 5.74) is 4.48. The molecule has 0 spiro atoms. The van der Waals surface area contributed by atoms with Crippen LogP contribution in [0.15, 0.2) is 47.6 Å².